The molecule has 0 aromatic carbocycles. The molecule has 0 saturated carbocycles. The van der Waals surface area contributed by atoms with E-state index in [2.05, 4.69) is 15.7 Å². The summed E-state index contributed by atoms with van der Waals surface area (Å²) in [5, 5.41) is 11.7. The molecule has 0 fully saturated rings. The van der Waals surface area contributed by atoms with Gasteiger partial charge in [-0.3, -0.25) is 0 Å². The van der Waals surface area contributed by atoms with Crippen LogP contribution in [0.25, 0.3) is 0 Å². The monoisotopic (exact) mass is 226 g/mol. The number of anilines is 2. The van der Waals surface area contributed by atoms with Crippen LogP contribution in [0, 0.1) is 0 Å². The molecule has 0 saturated heterocycles. The molecule has 0 aliphatic rings. The summed E-state index contributed by atoms with van der Waals surface area (Å²) in [7, 11) is 0. The lowest BCUT2D eigenvalue weighted by Crippen LogP contribution is -2.10. The Morgan fingerprint density at radius 3 is 3.06 bits per heavy atom. The molecule has 1 heterocycles. The molecule has 0 unspecified atom stereocenters. The number of nitrogens with one attached hydrogen (secondary N) is 2. The third-order valence-corrected chi connectivity index (χ3v) is 1.94. The lowest BCUT2D eigenvalue weighted by Gasteiger charge is -2.07. The second-order valence-corrected chi connectivity index (χ2v) is 3.19. The fourth-order valence-corrected chi connectivity index (χ4v) is 1.19. The summed E-state index contributed by atoms with van der Waals surface area (Å²) in [6.07, 6.45) is 2.56. The maximum absolute atomic E-state index is 8.49. The van der Waals surface area contributed by atoms with Crippen LogP contribution in [0.1, 0.15) is 6.42 Å². The van der Waals surface area contributed by atoms with Crippen LogP contribution in [0.4, 0.5) is 11.5 Å². The molecule has 16 heavy (non-hydrogen) atoms. The molecule has 0 spiro atoms. The third kappa shape index (κ3) is 4.92. The Bertz CT molecular complexity index is 296. The SMILES string of the molecule is NNc1cc(NCCCOCCO)ccn1. The first-order valence-corrected chi connectivity index (χ1v) is 5.22. The van der Waals surface area contributed by atoms with Crippen molar-refractivity contribution in [2.75, 3.05) is 37.1 Å². The molecule has 0 bridgehead atoms. The number of hydrazine groups is 1. The largest absolute Gasteiger partial charge is 0.394 e. The first kappa shape index (κ1) is 12.7. The molecule has 0 radical (unpaired) electrons. The predicted octanol–water partition coefficient (Wildman–Crippen LogP) is 0.178. The zero-order valence-electron chi connectivity index (χ0n) is 9.15. The van der Waals surface area contributed by atoms with Crippen molar-refractivity contribution < 1.29 is 9.84 Å². The van der Waals surface area contributed by atoms with Crippen LogP contribution in [0.15, 0.2) is 18.3 Å². The molecule has 1 aromatic rings. The maximum Gasteiger partial charge on any atom is 0.141 e. The number of nitrogens with zero attached hydrogens (tertiary/aromatic N) is 1. The molecule has 0 aliphatic heterocycles. The van der Waals surface area contributed by atoms with E-state index in [4.69, 9.17) is 15.7 Å². The highest BCUT2D eigenvalue weighted by molar-refractivity contribution is 5.51. The van der Waals surface area contributed by atoms with Crippen molar-refractivity contribution in [3.05, 3.63) is 18.3 Å². The van der Waals surface area contributed by atoms with Crippen LogP contribution in [0.2, 0.25) is 0 Å². The lowest BCUT2D eigenvalue weighted by molar-refractivity contribution is 0.0922. The van der Waals surface area contributed by atoms with Gasteiger partial charge < -0.3 is 20.6 Å². The van der Waals surface area contributed by atoms with Crippen LogP contribution >= 0.6 is 0 Å². The average Bonchev–Trinajstić information content (AvgIpc) is 2.34. The molecule has 0 amide bonds. The summed E-state index contributed by atoms with van der Waals surface area (Å²) in [5.74, 6) is 5.87. The number of pyridine rings is 1. The van der Waals surface area contributed by atoms with Crippen molar-refractivity contribution in [2.24, 2.45) is 5.84 Å². The van der Waals surface area contributed by atoms with E-state index in [1.165, 1.54) is 0 Å². The summed E-state index contributed by atoms with van der Waals surface area (Å²) >= 11 is 0. The van der Waals surface area contributed by atoms with E-state index in [0.717, 1.165) is 18.7 Å². The Morgan fingerprint density at radius 1 is 1.44 bits per heavy atom. The first-order valence-electron chi connectivity index (χ1n) is 5.22. The van der Waals surface area contributed by atoms with Gasteiger partial charge in [-0.25, -0.2) is 10.8 Å². The summed E-state index contributed by atoms with van der Waals surface area (Å²) in [5.41, 5.74) is 3.45. The Kier molecular flexibility index (Phi) is 6.24. The number of aliphatic hydroxyl groups excluding tert-OH is 1. The zero-order valence-corrected chi connectivity index (χ0v) is 9.15. The number of nitrogens with two attached hydrogens (primary N) is 1. The third-order valence-electron chi connectivity index (χ3n) is 1.94. The first-order chi connectivity index (χ1) is 7.86. The molecule has 6 heteroatoms. The van der Waals surface area contributed by atoms with Gasteiger partial charge in [-0.1, -0.05) is 0 Å². The summed E-state index contributed by atoms with van der Waals surface area (Å²) in [6, 6.07) is 3.70. The van der Waals surface area contributed by atoms with Gasteiger partial charge in [0, 0.05) is 31.1 Å². The zero-order chi connectivity index (χ0) is 11.6. The normalized spacial score (nSPS) is 10.1. The highest BCUT2D eigenvalue weighted by Gasteiger charge is 1.94. The second-order valence-electron chi connectivity index (χ2n) is 3.19. The minimum Gasteiger partial charge on any atom is -0.394 e. The fraction of sp³-hybridized carbons (Fsp3) is 0.500. The van der Waals surface area contributed by atoms with Gasteiger partial charge in [-0.15, -0.1) is 0 Å². The van der Waals surface area contributed by atoms with Gasteiger partial charge in [0.25, 0.3) is 0 Å². The summed E-state index contributed by atoms with van der Waals surface area (Å²) in [6.45, 7) is 1.92. The van der Waals surface area contributed by atoms with Crippen molar-refractivity contribution in [1.29, 1.82) is 0 Å². The van der Waals surface area contributed by atoms with Gasteiger partial charge in [0.1, 0.15) is 5.82 Å². The minimum absolute atomic E-state index is 0.0727. The van der Waals surface area contributed by atoms with Crippen LogP contribution in [-0.2, 0) is 4.74 Å². The molecule has 0 aliphatic carbocycles. The maximum atomic E-state index is 8.49. The van der Waals surface area contributed by atoms with Crippen LogP contribution in [0.5, 0.6) is 0 Å². The van der Waals surface area contributed by atoms with Crippen LogP contribution in [0.3, 0.4) is 0 Å². The highest BCUT2D eigenvalue weighted by Crippen LogP contribution is 2.10. The lowest BCUT2D eigenvalue weighted by atomic mass is 10.3. The average molecular weight is 226 g/mol. The highest BCUT2D eigenvalue weighted by atomic mass is 16.5. The van der Waals surface area contributed by atoms with Crippen LogP contribution < -0.4 is 16.6 Å². The molecule has 5 N–H and O–H groups in total. The van der Waals surface area contributed by atoms with E-state index < -0.39 is 0 Å². The topological polar surface area (TPSA) is 92.4 Å². The quantitative estimate of drug-likeness (QED) is 0.287. The molecule has 0 atom stereocenters. The van der Waals surface area contributed by atoms with Crippen LogP contribution in [-0.4, -0.2) is 36.5 Å². The number of hydrogen-bond acceptors (Lipinski definition) is 6. The number of nitrogen functional groups attached to an aromatic ring is 1. The molecule has 6 nitrogen and oxygen atoms in total. The molecule has 1 rings (SSSR count). The van der Waals surface area contributed by atoms with Gasteiger partial charge in [0.15, 0.2) is 0 Å². The van der Waals surface area contributed by atoms with Crippen molar-refractivity contribution in [3.63, 3.8) is 0 Å². The summed E-state index contributed by atoms with van der Waals surface area (Å²) in [4.78, 5) is 4.00. The Hall–Kier alpha value is -1.37. The van der Waals surface area contributed by atoms with E-state index in [1.807, 2.05) is 12.1 Å². The van der Waals surface area contributed by atoms with Gasteiger partial charge in [0.05, 0.1) is 13.2 Å². The number of ether oxygens (including phenoxy) is 1. The van der Waals surface area contributed by atoms with E-state index in [9.17, 15) is 0 Å². The smallest absolute Gasteiger partial charge is 0.141 e. The second kappa shape index (κ2) is 7.86. The van der Waals surface area contributed by atoms with Crippen molar-refractivity contribution >= 4 is 11.5 Å². The molecular formula is C10H18N4O2. The standard InChI is InChI=1S/C10H18N4O2/c11-14-10-8-9(2-4-13-10)12-3-1-6-16-7-5-15/h2,4,8,15H,1,3,5-7,11H2,(H2,12,13,14). The Morgan fingerprint density at radius 2 is 2.31 bits per heavy atom. The Labute approximate surface area is 94.8 Å². The van der Waals surface area contributed by atoms with Crippen molar-refractivity contribution in [2.45, 2.75) is 6.42 Å². The van der Waals surface area contributed by atoms with Gasteiger partial charge in [0.2, 0.25) is 0 Å². The number of aromatic nitrogens is 1. The van der Waals surface area contributed by atoms with Crippen molar-refractivity contribution in [1.82, 2.24) is 4.98 Å². The van der Waals surface area contributed by atoms with E-state index >= 15 is 0 Å². The van der Waals surface area contributed by atoms with E-state index in [0.29, 0.717) is 19.0 Å². The van der Waals surface area contributed by atoms with E-state index in [-0.39, 0.29) is 6.61 Å². The van der Waals surface area contributed by atoms with Gasteiger partial charge in [-0.05, 0) is 12.5 Å². The minimum atomic E-state index is 0.0727. The van der Waals surface area contributed by atoms with E-state index in [1.54, 1.807) is 6.20 Å². The van der Waals surface area contributed by atoms with Crippen molar-refractivity contribution in [3.8, 4) is 0 Å². The Balaban J connectivity index is 2.16. The molecular weight excluding hydrogens is 208 g/mol. The van der Waals surface area contributed by atoms with Gasteiger partial charge in [-0.2, -0.15) is 0 Å². The predicted molar refractivity (Wildman–Crippen MR) is 63.1 cm³/mol. The summed E-state index contributed by atoms with van der Waals surface area (Å²) < 4.78 is 5.13. The number of rotatable bonds is 8. The number of hydrogen-bond donors (Lipinski definition) is 4. The van der Waals surface area contributed by atoms with Gasteiger partial charge >= 0.3 is 0 Å². The molecule has 90 valence electrons. The fourth-order valence-electron chi connectivity index (χ4n) is 1.19. The molecule has 1 aromatic heterocycles. The number of aliphatic hydroxyl groups is 1.